The highest BCUT2D eigenvalue weighted by Gasteiger charge is 2.27. The summed E-state index contributed by atoms with van der Waals surface area (Å²) in [5.74, 6) is -0.832. The van der Waals surface area contributed by atoms with E-state index in [0.717, 1.165) is 29.8 Å². The smallest absolute Gasteiger partial charge is 0.269 e. The number of benzene rings is 1. The highest BCUT2D eigenvalue weighted by Crippen LogP contribution is 2.21. The van der Waals surface area contributed by atoms with E-state index in [9.17, 15) is 18.0 Å². The van der Waals surface area contributed by atoms with Crippen LogP contribution in [0.4, 0.5) is 0 Å². The second-order valence-corrected chi connectivity index (χ2v) is 9.35. The van der Waals surface area contributed by atoms with Crippen LogP contribution in [0.15, 0.2) is 29.2 Å². The van der Waals surface area contributed by atoms with Crippen LogP contribution in [0.3, 0.4) is 0 Å². The molecule has 162 valence electrons. The van der Waals surface area contributed by atoms with Gasteiger partial charge in [-0.3, -0.25) is 25.1 Å². The number of hydrogen-bond donors (Lipinski definition) is 2. The van der Waals surface area contributed by atoms with E-state index in [1.165, 1.54) is 28.6 Å². The van der Waals surface area contributed by atoms with E-state index in [2.05, 4.69) is 16.0 Å². The van der Waals surface area contributed by atoms with Crippen molar-refractivity contribution >= 4 is 21.8 Å². The Morgan fingerprint density at radius 1 is 1.07 bits per heavy atom. The number of amides is 2. The van der Waals surface area contributed by atoms with Crippen LogP contribution in [0.5, 0.6) is 0 Å². The maximum absolute atomic E-state index is 12.5. The van der Waals surface area contributed by atoms with Crippen molar-refractivity contribution in [3.8, 4) is 0 Å². The molecule has 30 heavy (non-hydrogen) atoms. The van der Waals surface area contributed by atoms with Crippen molar-refractivity contribution < 1.29 is 18.0 Å². The predicted octanol–water partition coefficient (Wildman–Crippen LogP) is 1.22. The van der Waals surface area contributed by atoms with E-state index in [1.54, 1.807) is 4.68 Å². The predicted molar refractivity (Wildman–Crippen MR) is 111 cm³/mol. The molecule has 10 heteroatoms. The summed E-state index contributed by atoms with van der Waals surface area (Å²) in [6, 6.07) is 5.70. The summed E-state index contributed by atoms with van der Waals surface area (Å²) < 4.78 is 28.3. The molecule has 9 nitrogen and oxygen atoms in total. The number of aromatic nitrogens is 2. The Bertz CT molecular complexity index is 1040. The molecule has 3 rings (SSSR count). The van der Waals surface area contributed by atoms with Crippen molar-refractivity contribution in [2.45, 2.75) is 44.4 Å². The Labute approximate surface area is 176 Å². The zero-order valence-electron chi connectivity index (χ0n) is 17.4. The van der Waals surface area contributed by atoms with Gasteiger partial charge in [-0.25, -0.2) is 8.42 Å². The van der Waals surface area contributed by atoms with E-state index in [1.807, 2.05) is 20.9 Å². The second kappa shape index (κ2) is 8.97. The molecule has 0 radical (unpaired) electrons. The Morgan fingerprint density at radius 2 is 1.70 bits per heavy atom. The first-order valence-electron chi connectivity index (χ1n) is 9.88. The van der Waals surface area contributed by atoms with Crippen LogP contribution >= 0.6 is 0 Å². The fraction of sp³-hybridized carbons (Fsp3) is 0.450. The van der Waals surface area contributed by atoms with Gasteiger partial charge in [-0.15, -0.1) is 0 Å². The number of hydrazine groups is 1. The average Bonchev–Trinajstić information content (AvgIpc) is 3.34. The fourth-order valence-corrected chi connectivity index (χ4v) is 5.05. The summed E-state index contributed by atoms with van der Waals surface area (Å²) in [6.07, 6.45) is 2.45. The minimum Gasteiger partial charge on any atom is -0.273 e. The number of carbonyl (C=O) groups is 2. The minimum absolute atomic E-state index is 0.159. The third-order valence-electron chi connectivity index (χ3n) is 5.40. The lowest BCUT2D eigenvalue weighted by molar-refractivity contribution is -0.121. The SMILES string of the molecule is Cc1nn(C)c(C)c1CCC(=O)NNC(=O)c1ccc(S(=O)(=O)N2CCCC2)cc1. The first kappa shape index (κ1) is 22.0. The lowest BCUT2D eigenvalue weighted by atomic mass is 10.1. The molecule has 1 saturated heterocycles. The van der Waals surface area contributed by atoms with Crippen LogP contribution in [-0.4, -0.2) is 47.4 Å². The van der Waals surface area contributed by atoms with Gasteiger partial charge in [0.25, 0.3) is 5.91 Å². The first-order valence-corrected chi connectivity index (χ1v) is 11.3. The van der Waals surface area contributed by atoms with Crippen molar-refractivity contribution in [3.63, 3.8) is 0 Å². The van der Waals surface area contributed by atoms with Gasteiger partial charge in [0.05, 0.1) is 10.6 Å². The normalized spacial score (nSPS) is 14.6. The van der Waals surface area contributed by atoms with Gasteiger partial charge in [0.15, 0.2) is 0 Å². The number of rotatable bonds is 6. The molecule has 1 aliphatic rings. The lowest BCUT2D eigenvalue weighted by Gasteiger charge is -2.15. The molecule has 0 spiro atoms. The lowest BCUT2D eigenvalue weighted by Crippen LogP contribution is -2.41. The first-order chi connectivity index (χ1) is 14.2. The van der Waals surface area contributed by atoms with Crippen LogP contribution in [0.25, 0.3) is 0 Å². The number of nitrogens with one attached hydrogen (secondary N) is 2. The van der Waals surface area contributed by atoms with Gasteiger partial charge in [0.1, 0.15) is 0 Å². The molecule has 2 aromatic rings. The Hall–Kier alpha value is -2.72. The monoisotopic (exact) mass is 433 g/mol. The molecule has 0 saturated carbocycles. The molecule has 2 heterocycles. The summed E-state index contributed by atoms with van der Waals surface area (Å²) in [4.78, 5) is 24.5. The largest absolute Gasteiger partial charge is 0.273 e. The third kappa shape index (κ3) is 4.71. The average molecular weight is 434 g/mol. The van der Waals surface area contributed by atoms with Gasteiger partial charge in [0.2, 0.25) is 15.9 Å². The quantitative estimate of drug-likeness (QED) is 0.665. The molecule has 0 unspecified atom stereocenters. The van der Waals surface area contributed by atoms with E-state index >= 15 is 0 Å². The summed E-state index contributed by atoms with van der Waals surface area (Å²) in [5.41, 5.74) is 7.93. The summed E-state index contributed by atoms with van der Waals surface area (Å²) in [7, 11) is -1.67. The standard InChI is InChI=1S/C20H27N5O4S/c1-14-18(15(2)24(3)23-14)10-11-19(26)21-22-20(27)16-6-8-17(9-7-16)30(28,29)25-12-4-5-13-25/h6-9H,4-5,10-13H2,1-3H3,(H,21,26)(H,22,27). The Balaban J connectivity index is 1.52. The van der Waals surface area contributed by atoms with Crippen molar-refractivity contribution in [1.82, 2.24) is 24.9 Å². The number of carbonyl (C=O) groups excluding carboxylic acids is 2. The summed E-state index contributed by atoms with van der Waals surface area (Å²) >= 11 is 0. The molecule has 2 amide bonds. The number of hydrogen-bond acceptors (Lipinski definition) is 5. The molecule has 1 aliphatic heterocycles. The summed E-state index contributed by atoms with van der Waals surface area (Å²) in [6.45, 7) is 4.89. The number of sulfonamides is 1. The minimum atomic E-state index is -3.52. The Morgan fingerprint density at radius 3 is 2.27 bits per heavy atom. The molecular formula is C20H27N5O4S. The Kier molecular flexibility index (Phi) is 6.57. The van der Waals surface area contributed by atoms with Crippen molar-refractivity contribution in [2.24, 2.45) is 7.05 Å². The van der Waals surface area contributed by atoms with E-state index in [-0.39, 0.29) is 22.8 Å². The van der Waals surface area contributed by atoms with Crippen LogP contribution in [0.2, 0.25) is 0 Å². The van der Waals surface area contributed by atoms with Gasteiger partial charge in [-0.2, -0.15) is 9.40 Å². The van der Waals surface area contributed by atoms with E-state index in [4.69, 9.17) is 0 Å². The van der Waals surface area contributed by atoms with Crippen LogP contribution in [0, 0.1) is 13.8 Å². The molecule has 0 aliphatic carbocycles. The molecule has 0 atom stereocenters. The van der Waals surface area contributed by atoms with E-state index in [0.29, 0.717) is 19.5 Å². The van der Waals surface area contributed by atoms with Gasteiger partial charge >= 0.3 is 0 Å². The zero-order valence-corrected chi connectivity index (χ0v) is 18.3. The molecule has 1 aromatic carbocycles. The molecule has 1 fully saturated rings. The maximum atomic E-state index is 12.5. The van der Waals surface area contributed by atoms with Crippen LogP contribution < -0.4 is 10.9 Å². The van der Waals surface area contributed by atoms with Crippen LogP contribution in [0.1, 0.15) is 46.6 Å². The van der Waals surface area contributed by atoms with Crippen molar-refractivity contribution in [3.05, 3.63) is 46.8 Å². The highest BCUT2D eigenvalue weighted by atomic mass is 32.2. The van der Waals surface area contributed by atoms with Crippen molar-refractivity contribution in [2.75, 3.05) is 13.1 Å². The number of nitrogens with zero attached hydrogens (tertiary/aromatic N) is 3. The van der Waals surface area contributed by atoms with Gasteiger partial charge < -0.3 is 0 Å². The zero-order chi connectivity index (χ0) is 21.9. The molecule has 0 bridgehead atoms. The molecular weight excluding hydrogens is 406 g/mol. The van der Waals surface area contributed by atoms with Gasteiger partial charge in [0, 0.05) is 37.8 Å². The van der Waals surface area contributed by atoms with E-state index < -0.39 is 15.9 Å². The fourth-order valence-electron chi connectivity index (χ4n) is 3.53. The van der Waals surface area contributed by atoms with Crippen LogP contribution in [-0.2, 0) is 28.3 Å². The van der Waals surface area contributed by atoms with Crippen molar-refractivity contribution in [1.29, 1.82) is 0 Å². The number of aryl methyl sites for hydroxylation is 2. The topological polar surface area (TPSA) is 113 Å². The third-order valence-corrected chi connectivity index (χ3v) is 7.31. The van der Waals surface area contributed by atoms with Gasteiger partial charge in [-0.1, -0.05) is 0 Å². The highest BCUT2D eigenvalue weighted by molar-refractivity contribution is 7.89. The second-order valence-electron chi connectivity index (χ2n) is 7.41. The summed E-state index contributed by atoms with van der Waals surface area (Å²) in [5, 5.41) is 4.32. The molecule has 2 N–H and O–H groups in total. The molecule has 1 aromatic heterocycles. The van der Waals surface area contributed by atoms with Gasteiger partial charge in [-0.05, 0) is 62.9 Å². The maximum Gasteiger partial charge on any atom is 0.269 e.